The van der Waals surface area contributed by atoms with Gasteiger partial charge in [-0.15, -0.1) is 0 Å². The fraction of sp³-hybridized carbons (Fsp3) is 0.538. The number of halogens is 1. The quantitative estimate of drug-likeness (QED) is 0.920. The van der Waals surface area contributed by atoms with Gasteiger partial charge in [0.15, 0.2) is 0 Å². The van der Waals surface area contributed by atoms with Crippen LogP contribution in [0.2, 0.25) is 0 Å². The standard InChI is InChI=1S/C13H18BrNO2S/c14-12-8-6-11(7-9-12)10-15-18(16,17)13-4-2-1-3-5-13/h6-9,13,15H,1-5,10H2. The highest BCUT2D eigenvalue weighted by molar-refractivity contribution is 9.10. The smallest absolute Gasteiger partial charge is 0.212 e. The minimum Gasteiger partial charge on any atom is -0.212 e. The first-order valence-corrected chi connectivity index (χ1v) is 8.65. The molecule has 5 heteroatoms. The highest BCUT2D eigenvalue weighted by Gasteiger charge is 2.26. The molecule has 1 saturated carbocycles. The van der Waals surface area contributed by atoms with Gasteiger partial charge in [0.25, 0.3) is 0 Å². The second-order valence-electron chi connectivity index (χ2n) is 4.75. The van der Waals surface area contributed by atoms with Crippen molar-refractivity contribution < 1.29 is 8.42 Å². The Morgan fingerprint density at radius 2 is 1.72 bits per heavy atom. The summed E-state index contributed by atoms with van der Waals surface area (Å²) in [4.78, 5) is 0. The van der Waals surface area contributed by atoms with Crippen LogP contribution in [0, 0.1) is 0 Å². The highest BCUT2D eigenvalue weighted by atomic mass is 79.9. The topological polar surface area (TPSA) is 46.2 Å². The first-order chi connectivity index (χ1) is 8.58. The fourth-order valence-corrected chi connectivity index (χ4v) is 4.10. The van der Waals surface area contributed by atoms with Gasteiger partial charge < -0.3 is 0 Å². The first kappa shape index (κ1) is 14.0. The van der Waals surface area contributed by atoms with E-state index < -0.39 is 10.0 Å². The molecule has 1 N–H and O–H groups in total. The van der Waals surface area contributed by atoms with E-state index in [2.05, 4.69) is 20.7 Å². The van der Waals surface area contributed by atoms with Crippen molar-refractivity contribution in [3.8, 4) is 0 Å². The average molecular weight is 332 g/mol. The Morgan fingerprint density at radius 1 is 1.11 bits per heavy atom. The van der Waals surface area contributed by atoms with Crippen LogP contribution in [0.3, 0.4) is 0 Å². The van der Waals surface area contributed by atoms with Crippen molar-refractivity contribution in [2.75, 3.05) is 0 Å². The monoisotopic (exact) mass is 331 g/mol. The van der Waals surface area contributed by atoms with Gasteiger partial charge in [0.05, 0.1) is 5.25 Å². The Bertz CT molecular complexity index is 478. The second-order valence-corrected chi connectivity index (χ2v) is 7.71. The maximum Gasteiger partial charge on any atom is 0.214 e. The van der Waals surface area contributed by atoms with Crippen molar-refractivity contribution in [3.05, 3.63) is 34.3 Å². The lowest BCUT2D eigenvalue weighted by atomic mass is 10.0. The van der Waals surface area contributed by atoms with E-state index in [-0.39, 0.29) is 5.25 Å². The molecule has 1 aromatic carbocycles. The molecule has 1 aromatic rings. The molecule has 100 valence electrons. The van der Waals surface area contributed by atoms with Crippen LogP contribution >= 0.6 is 15.9 Å². The van der Waals surface area contributed by atoms with Gasteiger partial charge in [-0.05, 0) is 30.5 Å². The van der Waals surface area contributed by atoms with Crippen LogP contribution in [0.1, 0.15) is 37.7 Å². The third-order valence-corrected chi connectivity index (χ3v) is 5.81. The number of hydrogen-bond acceptors (Lipinski definition) is 2. The minimum absolute atomic E-state index is 0.193. The zero-order valence-corrected chi connectivity index (χ0v) is 12.6. The molecular weight excluding hydrogens is 314 g/mol. The lowest BCUT2D eigenvalue weighted by molar-refractivity contribution is 0.477. The molecule has 0 radical (unpaired) electrons. The summed E-state index contributed by atoms with van der Waals surface area (Å²) in [5.41, 5.74) is 0.984. The molecule has 18 heavy (non-hydrogen) atoms. The summed E-state index contributed by atoms with van der Waals surface area (Å²) >= 11 is 3.36. The van der Waals surface area contributed by atoms with Crippen molar-refractivity contribution in [2.45, 2.75) is 43.9 Å². The van der Waals surface area contributed by atoms with Gasteiger partial charge in [0.1, 0.15) is 0 Å². The summed E-state index contributed by atoms with van der Waals surface area (Å²) in [5, 5.41) is -0.193. The van der Waals surface area contributed by atoms with E-state index in [4.69, 9.17) is 0 Å². The summed E-state index contributed by atoms with van der Waals surface area (Å²) in [7, 11) is -3.15. The predicted molar refractivity (Wildman–Crippen MR) is 76.8 cm³/mol. The van der Waals surface area contributed by atoms with Gasteiger partial charge in [-0.1, -0.05) is 47.3 Å². The number of hydrogen-bond donors (Lipinski definition) is 1. The Hall–Kier alpha value is -0.390. The number of sulfonamides is 1. The first-order valence-electron chi connectivity index (χ1n) is 6.31. The maximum absolute atomic E-state index is 12.1. The zero-order valence-electron chi connectivity index (χ0n) is 10.2. The van der Waals surface area contributed by atoms with Gasteiger partial charge in [-0.25, -0.2) is 13.1 Å². The largest absolute Gasteiger partial charge is 0.214 e. The summed E-state index contributed by atoms with van der Waals surface area (Å²) < 4.78 is 27.9. The summed E-state index contributed by atoms with van der Waals surface area (Å²) in [6, 6.07) is 7.69. The van der Waals surface area contributed by atoms with Crippen LogP contribution in [0.4, 0.5) is 0 Å². The molecule has 1 aliphatic carbocycles. The SMILES string of the molecule is O=S(=O)(NCc1ccc(Br)cc1)C1CCCCC1. The van der Waals surface area contributed by atoms with Crippen LogP contribution in [-0.2, 0) is 16.6 Å². The average Bonchev–Trinajstić information content (AvgIpc) is 2.39. The van der Waals surface area contributed by atoms with Crippen molar-refractivity contribution in [2.24, 2.45) is 0 Å². The molecule has 2 rings (SSSR count). The summed E-state index contributed by atoms with van der Waals surface area (Å²) in [6.07, 6.45) is 4.83. The molecule has 0 atom stereocenters. The molecule has 0 aliphatic heterocycles. The number of nitrogens with one attached hydrogen (secondary N) is 1. The lowest BCUT2D eigenvalue weighted by Gasteiger charge is -2.22. The molecular formula is C13H18BrNO2S. The molecule has 0 amide bonds. The molecule has 0 saturated heterocycles. The van der Waals surface area contributed by atoms with E-state index in [0.717, 1.165) is 35.7 Å². The summed E-state index contributed by atoms with van der Waals surface area (Å²) in [5.74, 6) is 0. The molecule has 1 fully saturated rings. The fourth-order valence-electron chi connectivity index (χ4n) is 2.28. The van der Waals surface area contributed by atoms with E-state index in [9.17, 15) is 8.42 Å². The molecule has 3 nitrogen and oxygen atoms in total. The van der Waals surface area contributed by atoms with Crippen molar-refractivity contribution >= 4 is 26.0 Å². The van der Waals surface area contributed by atoms with Crippen LogP contribution < -0.4 is 4.72 Å². The van der Waals surface area contributed by atoms with Gasteiger partial charge in [-0.3, -0.25) is 0 Å². The zero-order chi connectivity index (χ0) is 13.0. The lowest BCUT2D eigenvalue weighted by Crippen LogP contribution is -2.35. The van der Waals surface area contributed by atoms with E-state index in [0.29, 0.717) is 6.54 Å². The minimum atomic E-state index is -3.15. The maximum atomic E-state index is 12.1. The molecule has 1 aliphatic rings. The molecule has 0 unspecified atom stereocenters. The van der Waals surface area contributed by atoms with E-state index in [1.807, 2.05) is 24.3 Å². The van der Waals surface area contributed by atoms with Gasteiger partial charge >= 0.3 is 0 Å². The predicted octanol–water partition coefficient (Wildman–Crippen LogP) is 3.20. The Morgan fingerprint density at radius 3 is 2.33 bits per heavy atom. The van der Waals surface area contributed by atoms with Gasteiger partial charge in [-0.2, -0.15) is 0 Å². The highest BCUT2D eigenvalue weighted by Crippen LogP contribution is 2.23. The van der Waals surface area contributed by atoms with Crippen molar-refractivity contribution in [1.82, 2.24) is 4.72 Å². The molecule has 0 spiro atoms. The van der Waals surface area contributed by atoms with Crippen LogP contribution in [0.25, 0.3) is 0 Å². The summed E-state index contributed by atoms with van der Waals surface area (Å²) in [6.45, 7) is 0.381. The Labute approximate surface area is 117 Å². The van der Waals surface area contributed by atoms with E-state index in [1.165, 1.54) is 6.42 Å². The normalized spacial score (nSPS) is 17.8. The van der Waals surface area contributed by atoms with Gasteiger partial charge in [0, 0.05) is 11.0 Å². The molecule has 0 aromatic heterocycles. The van der Waals surface area contributed by atoms with Crippen molar-refractivity contribution in [3.63, 3.8) is 0 Å². The van der Waals surface area contributed by atoms with Gasteiger partial charge in [0.2, 0.25) is 10.0 Å². The van der Waals surface area contributed by atoms with Crippen molar-refractivity contribution in [1.29, 1.82) is 0 Å². The number of rotatable bonds is 4. The van der Waals surface area contributed by atoms with Crippen LogP contribution in [0.5, 0.6) is 0 Å². The van der Waals surface area contributed by atoms with E-state index in [1.54, 1.807) is 0 Å². The van der Waals surface area contributed by atoms with E-state index >= 15 is 0 Å². The third kappa shape index (κ3) is 3.80. The van der Waals surface area contributed by atoms with Crippen LogP contribution in [0.15, 0.2) is 28.7 Å². The third-order valence-electron chi connectivity index (χ3n) is 3.38. The Balaban J connectivity index is 1.94. The number of benzene rings is 1. The Kier molecular flexibility index (Phi) is 4.81. The van der Waals surface area contributed by atoms with Crippen LogP contribution in [-0.4, -0.2) is 13.7 Å². The molecule has 0 heterocycles. The molecule has 0 bridgehead atoms. The second kappa shape index (κ2) is 6.17.